The Hall–Kier alpha value is -1.11. The number of carbonyl (C=O) groups is 1. The lowest BCUT2D eigenvalue weighted by Crippen LogP contribution is -2.17. The topological polar surface area (TPSA) is 62.5 Å². The number of halogens is 1. The number of carboxylic acids is 1. The highest BCUT2D eigenvalue weighted by Crippen LogP contribution is 2.19. The van der Waals surface area contributed by atoms with E-state index in [2.05, 4.69) is 27.3 Å². The van der Waals surface area contributed by atoms with Crippen molar-refractivity contribution < 1.29 is 14.3 Å². The van der Waals surface area contributed by atoms with E-state index in [0.717, 1.165) is 17.4 Å². The summed E-state index contributed by atoms with van der Waals surface area (Å²) in [5.41, 5.74) is 0.676. The molecule has 0 fully saturated rings. The van der Waals surface area contributed by atoms with Crippen molar-refractivity contribution in [2.24, 2.45) is 0 Å². The third-order valence-corrected chi connectivity index (χ3v) is 4.18. The van der Waals surface area contributed by atoms with Crippen molar-refractivity contribution in [1.29, 1.82) is 0 Å². The molecule has 4 nitrogen and oxygen atoms in total. The van der Waals surface area contributed by atoms with Crippen LogP contribution in [0.4, 0.5) is 0 Å². The molecule has 0 spiro atoms. The van der Waals surface area contributed by atoms with Gasteiger partial charge in [-0.15, -0.1) is 11.3 Å². The Kier molecular flexibility index (Phi) is 4.57. The Morgan fingerprint density at radius 1 is 1.56 bits per heavy atom. The minimum Gasteiger partial charge on any atom is -0.475 e. The summed E-state index contributed by atoms with van der Waals surface area (Å²) in [4.78, 5) is 12.1. The van der Waals surface area contributed by atoms with Crippen molar-refractivity contribution in [3.05, 3.63) is 44.4 Å². The van der Waals surface area contributed by atoms with Gasteiger partial charge in [0, 0.05) is 33.4 Å². The molecule has 0 radical (unpaired) electrons. The fourth-order valence-electron chi connectivity index (χ4n) is 1.58. The summed E-state index contributed by atoms with van der Waals surface area (Å²) >= 11 is 5.12. The third kappa shape index (κ3) is 3.44. The van der Waals surface area contributed by atoms with Gasteiger partial charge in [0.25, 0.3) is 0 Å². The van der Waals surface area contributed by atoms with Gasteiger partial charge < -0.3 is 14.8 Å². The molecule has 0 atom stereocenters. The number of hydrogen-bond acceptors (Lipinski definition) is 4. The zero-order valence-corrected chi connectivity index (χ0v) is 11.9. The summed E-state index contributed by atoms with van der Waals surface area (Å²) < 4.78 is 6.00. The van der Waals surface area contributed by atoms with Crippen LogP contribution in [0.2, 0.25) is 0 Å². The van der Waals surface area contributed by atoms with Gasteiger partial charge in [-0.1, -0.05) is 0 Å². The standard InChI is InChI=1S/C12H12BrNO3S/c13-9-5-10(18-7-9)1-3-14-6-8-2-4-17-11(8)12(15)16/h2,4-5,7,14H,1,3,6H2,(H,15,16). The largest absolute Gasteiger partial charge is 0.475 e. The van der Waals surface area contributed by atoms with Gasteiger partial charge in [0.1, 0.15) is 0 Å². The Bertz CT molecular complexity index is 535. The van der Waals surface area contributed by atoms with Gasteiger partial charge in [-0.2, -0.15) is 0 Å². The Labute approximate surface area is 117 Å². The molecule has 0 aliphatic rings. The second-order valence-corrected chi connectivity index (χ2v) is 5.65. The van der Waals surface area contributed by atoms with Crippen molar-refractivity contribution in [3.63, 3.8) is 0 Å². The second kappa shape index (κ2) is 6.17. The van der Waals surface area contributed by atoms with Crippen molar-refractivity contribution in [2.45, 2.75) is 13.0 Å². The van der Waals surface area contributed by atoms with Gasteiger partial charge in [0.05, 0.1) is 6.26 Å². The molecule has 0 aliphatic carbocycles. The number of rotatable bonds is 6. The molecule has 96 valence electrons. The van der Waals surface area contributed by atoms with Gasteiger partial charge in [0.15, 0.2) is 0 Å². The van der Waals surface area contributed by atoms with Crippen LogP contribution in [0.3, 0.4) is 0 Å². The Morgan fingerprint density at radius 3 is 3.06 bits per heavy atom. The molecule has 2 rings (SSSR count). The Morgan fingerprint density at radius 2 is 2.39 bits per heavy atom. The SMILES string of the molecule is O=C(O)c1occc1CNCCc1cc(Br)cs1. The minimum atomic E-state index is -1.03. The molecule has 0 amide bonds. The fraction of sp³-hybridized carbons (Fsp3) is 0.250. The smallest absolute Gasteiger partial charge is 0.372 e. The maximum atomic E-state index is 10.8. The van der Waals surface area contributed by atoms with Crippen LogP contribution in [0.5, 0.6) is 0 Å². The summed E-state index contributed by atoms with van der Waals surface area (Å²) in [5, 5.41) is 14.1. The van der Waals surface area contributed by atoms with Crippen molar-refractivity contribution in [3.8, 4) is 0 Å². The van der Waals surface area contributed by atoms with Crippen molar-refractivity contribution in [2.75, 3.05) is 6.54 Å². The fourth-order valence-corrected chi connectivity index (χ4v) is 3.04. The highest BCUT2D eigenvalue weighted by Gasteiger charge is 2.12. The van der Waals surface area contributed by atoms with Crippen molar-refractivity contribution in [1.82, 2.24) is 5.32 Å². The average molecular weight is 330 g/mol. The van der Waals surface area contributed by atoms with E-state index in [4.69, 9.17) is 9.52 Å². The first-order valence-electron chi connectivity index (χ1n) is 5.40. The van der Waals surface area contributed by atoms with Gasteiger partial charge >= 0.3 is 5.97 Å². The normalized spacial score (nSPS) is 10.7. The highest BCUT2D eigenvalue weighted by atomic mass is 79.9. The predicted octanol–water partition coefficient (Wildman–Crippen LogP) is 3.13. The van der Waals surface area contributed by atoms with Gasteiger partial charge in [-0.05, 0) is 34.5 Å². The first kappa shape index (κ1) is 13.3. The molecule has 0 bridgehead atoms. The molecule has 0 unspecified atom stereocenters. The number of aromatic carboxylic acids is 1. The lowest BCUT2D eigenvalue weighted by atomic mass is 10.2. The van der Waals surface area contributed by atoms with Gasteiger partial charge in [-0.25, -0.2) is 4.79 Å². The van der Waals surface area contributed by atoms with E-state index in [-0.39, 0.29) is 5.76 Å². The number of nitrogens with one attached hydrogen (secondary N) is 1. The number of thiophene rings is 1. The van der Waals surface area contributed by atoms with Crippen LogP contribution in [0, 0.1) is 0 Å². The third-order valence-electron chi connectivity index (χ3n) is 2.43. The molecule has 0 aromatic carbocycles. The van der Waals surface area contributed by atoms with Crippen LogP contribution in [0.25, 0.3) is 0 Å². The number of hydrogen-bond donors (Lipinski definition) is 2. The monoisotopic (exact) mass is 329 g/mol. The van der Waals surface area contributed by atoms with E-state index in [1.807, 2.05) is 5.38 Å². The zero-order valence-electron chi connectivity index (χ0n) is 9.48. The van der Waals surface area contributed by atoms with E-state index in [9.17, 15) is 4.79 Å². The number of carboxylic acid groups (broad SMARTS) is 1. The molecule has 6 heteroatoms. The minimum absolute atomic E-state index is 0.0152. The zero-order chi connectivity index (χ0) is 13.0. The second-order valence-electron chi connectivity index (χ2n) is 3.74. The maximum Gasteiger partial charge on any atom is 0.372 e. The summed E-state index contributed by atoms with van der Waals surface area (Å²) in [5.74, 6) is -1.01. The molecule has 0 saturated heterocycles. The molecule has 2 aromatic heterocycles. The van der Waals surface area contributed by atoms with Crippen LogP contribution < -0.4 is 5.32 Å². The van der Waals surface area contributed by atoms with E-state index >= 15 is 0 Å². The van der Waals surface area contributed by atoms with E-state index in [1.165, 1.54) is 11.1 Å². The molecule has 0 saturated carbocycles. The van der Waals surface area contributed by atoms with Crippen LogP contribution in [0.1, 0.15) is 21.0 Å². The maximum absolute atomic E-state index is 10.8. The highest BCUT2D eigenvalue weighted by molar-refractivity contribution is 9.10. The van der Waals surface area contributed by atoms with Gasteiger partial charge in [0.2, 0.25) is 5.76 Å². The molecule has 0 aliphatic heterocycles. The summed E-state index contributed by atoms with van der Waals surface area (Å²) in [6, 6.07) is 3.77. The quantitative estimate of drug-likeness (QED) is 0.799. The van der Waals surface area contributed by atoms with E-state index in [0.29, 0.717) is 12.1 Å². The van der Waals surface area contributed by atoms with Gasteiger partial charge in [-0.3, -0.25) is 0 Å². The average Bonchev–Trinajstić information content (AvgIpc) is 2.93. The molecular formula is C12H12BrNO3S. The molecule has 2 N–H and O–H groups in total. The van der Waals surface area contributed by atoms with Crippen LogP contribution >= 0.6 is 27.3 Å². The first-order valence-corrected chi connectivity index (χ1v) is 7.07. The summed E-state index contributed by atoms with van der Waals surface area (Å²) in [6.45, 7) is 1.31. The van der Waals surface area contributed by atoms with E-state index in [1.54, 1.807) is 17.4 Å². The Balaban J connectivity index is 1.78. The lowest BCUT2D eigenvalue weighted by Gasteiger charge is -2.02. The van der Waals surface area contributed by atoms with Crippen LogP contribution in [-0.4, -0.2) is 17.6 Å². The summed E-state index contributed by atoms with van der Waals surface area (Å²) in [6.07, 6.45) is 2.33. The van der Waals surface area contributed by atoms with Crippen LogP contribution in [-0.2, 0) is 13.0 Å². The predicted molar refractivity (Wildman–Crippen MR) is 73.1 cm³/mol. The van der Waals surface area contributed by atoms with Crippen LogP contribution in [0.15, 0.2) is 32.7 Å². The lowest BCUT2D eigenvalue weighted by molar-refractivity contribution is 0.0660. The number of furan rings is 1. The molecular weight excluding hydrogens is 318 g/mol. The molecule has 18 heavy (non-hydrogen) atoms. The van der Waals surface area contributed by atoms with Crippen molar-refractivity contribution >= 4 is 33.2 Å². The molecule has 2 heterocycles. The van der Waals surface area contributed by atoms with E-state index < -0.39 is 5.97 Å². The molecule has 2 aromatic rings. The summed E-state index contributed by atoms with van der Waals surface area (Å²) in [7, 11) is 0. The first-order chi connectivity index (χ1) is 8.66.